The van der Waals surface area contributed by atoms with Crippen LogP contribution in [0.2, 0.25) is 0 Å². The Kier molecular flexibility index (Phi) is 5.66. The molecule has 0 amide bonds. The van der Waals surface area contributed by atoms with Gasteiger partial charge in [-0.05, 0) is 12.8 Å². The lowest BCUT2D eigenvalue weighted by Gasteiger charge is -2.12. The minimum atomic E-state index is -1.05. The largest absolute Gasteiger partial charge is 0.480 e. The van der Waals surface area contributed by atoms with E-state index in [-0.39, 0.29) is 6.42 Å². The maximum Gasteiger partial charge on any atom is 0.320 e. The summed E-state index contributed by atoms with van der Waals surface area (Å²) in [6.07, 6.45) is 2.12. The number of carboxylic acid groups (broad SMARTS) is 1. The lowest BCUT2D eigenvalue weighted by atomic mass is 10.1. The summed E-state index contributed by atoms with van der Waals surface area (Å²) < 4.78 is 0. The van der Waals surface area contributed by atoms with Gasteiger partial charge in [0.15, 0.2) is 0 Å². The Morgan fingerprint density at radius 3 is 2.58 bits per heavy atom. The van der Waals surface area contributed by atoms with Gasteiger partial charge in [-0.25, -0.2) is 0 Å². The normalized spacial score (nSPS) is 15.6. The number of nitrogens with two attached hydrogens (primary N) is 1. The molecule has 0 heterocycles. The van der Waals surface area contributed by atoms with Crippen molar-refractivity contribution in [1.82, 2.24) is 0 Å². The maximum atomic E-state index is 10.3. The van der Waals surface area contributed by atoms with Crippen LogP contribution in [0.4, 0.5) is 0 Å². The third-order valence-electron chi connectivity index (χ3n) is 1.73. The highest BCUT2D eigenvalue weighted by Crippen LogP contribution is 2.05. The summed E-state index contributed by atoms with van der Waals surface area (Å²) in [6, 6.07) is -0.933. The second-order valence-corrected chi connectivity index (χ2v) is 2.98. The average molecular weight is 175 g/mol. The van der Waals surface area contributed by atoms with Crippen LogP contribution in [-0.4, -0.2) is 28.3 Å². The van der Waals surface area contributed by atoms with E-state index in [1.807, 2.05) is 6.92 Å². The molecule has 0 rings (SSSR count). The minimum Gasteiger partial charge on any atom is -0.480 e. The Morgan fingerprint density at radius 1 is 1.58 bits per heavy atom. The molecule has 2 atom stereocenters. The van der Waals surface area contributed by atoms with Gasteiger partial charge in [-0.3, -0.25) is 4.79 Å². The summed E-state index contributed by atoms with van der Waals surface area (Å²) in [7, 11) is 0. The standard InChI is InChI=1S/C8H17NO3/c1-2-3-4-6(10)5-7(9)8(11)12/h6-7,10H,2-5,9H2,1H3,(H,11,12)/t6-,7+/m0/s1. The fourth-order valence-electron chi connectivity index (χ4n) is 0.952. The van der Waals surface area contributed by atoms with Crippen molar-refractivity contribution in [3.63, 3.8) is 0 Å². The SMILES string of the molecule is CCCC[C@H](O)C[C@@H](N)C(=O)O. The number of hydrogen-bond donors (Lipinski definition) is 3. The highest BCUT2D eigenvalue weighted by molar-refractivity contribution is 5.73. The summed E-state index contributed by atoms with van der Waals surface area (Å²) in [4.78, 5) is 10.3. The lowest BCUT2D eigenvalue weighted by molar-refractivity contribution is -0.139. The highest BCUT2D eigenvalue weighted by atomic mass is 16.4. The van der Waals surface area contributed by atoms with Crippen molar-refractivity contribution in [1.29, 1.82) is 0 Å². The molecule has 0 aliphatic carbocycles. The monoisotopic (exact) mass is 175 g/mol. The van der Waals surface area contributed by atoms with Crippen molar-refractivity contribution in [2.45, 2.75) is 44.8 Å². The number of unbranched alkanes of at least 4 members (excludes halogenated alkanes) is 1. The number of aliphatic carboxylic acids is 1. The fraction of sp³-hybridized carbons (Fsp3) is 0.875. The first-order valence-corrected chi connectivity index (χ1v) is 4.24. The van der Waals surface area contributed by atoms with Crippen LogP contribution in [0.25, 0.3) is 0 Å². The Morgan fingerprint density at radius 2 is 2.17 bits per heavy atom. The molecule has 0 unspecified atom stereocenters. The molecule has 0 aliphatic rings. The number of aliphatic hydroxyl groups excluding tert-OH is 1. The van der Waals surface area contributed by atoms with Crippen LogP contribution in [0.3, 0.4) is 0 Å². The highest BCUT2D eigenvalue weighted by Gasteiger charge is 2.15. The van der Waals surface area contributed by atoms with Gasteiger partial charge in [-0.2, -0.15) is 0 Å². The average Bonchev–Trinajstić information content (AvgIpc) is 2.00. The molecule has 72 valence electrons. The van der Waals surface area contributed by atoms with Crippen molar-refractivity contribution in [3.8, 4) is 0 Å². The fourth-order valence-corrected chi connectivity index (χ4v) is 0.952. The summed E-state index contributed by atoms with van der Waals surface area (Å²) in [5.41, 5.74) is 5.23. The topological polar surface area (TPSA) is 83.5 Å². The van der Waals surface area contributed by atoms with Crippen LogP contribution in [0.5, 0.6) is 0 Å². The molecule has 0 aromatic heterocycles. The van der Waals surface area contributed by atoms with E-state index < -0.39 is 18.1 Å². The maximum absolute atomic E-state index is 10.3. The van der Waals surface area contributed by atoms with Crippen molar-refractivity contribution in [2.75, 3.05) is 0 Å². The van der Waals surface area contributed by atoms with Crippen molar-refractivity contribution < 1.29 is 15.0 Å². The van der Waals surface area contributed by atoms with E-state index in [1.54, 1.807) is 0 Å². The predicted molar refractivity (Wildman–Crippen MR) is 45.8 cm³/mol. The van der Waals surface area contributed by atoms with E-state index in [9.17, 15) is 9.90 Å². The van der Waals surface area contributed by atoms with Crippen LogP contribution in [0.1, 0.15) is 32.6 Å². The van der Waals surface area contributed by atoms with Gasteiger partial charge in [0.2, 0.25) is 0 Å². The third kappa shape index (κ3) is 5.09. The molecule has 0 saturated heterocycles. The number of carbonyl (C=O) groups is 1. The van der Waals surface area contributed by atoms with Gasteiger partial charge >= 0.3 is 5.97 Å². The number of aliphatic hydroxyl groups is 1. The van der Waals surface area contributed by atoms with E-state index in [4.69, 9.17) is 10.8 Å². The Balaban J connectivity index is 3.53. The van der Waals surface area contributed by atoms with Crippen LogP contribution < -0.4 is 5.73 Å². The van der Waals surface area contributed by atoms with Crippen LogP contribution in [0, 0.1) is 0 Å². The Labute approximate surface area is 72.4 Å². The molecular weight excluding hydrogens is 158 g/mol. The minimum absolute atomic E-state index is 0.148. The summed E-state index contributed by atoms with van der Waals surface area (Å²) in [5, 5.41) is 17.7. The van der Waals surface area contributed by atoms with Gasteiger partial charge in [0.1, 0.15) is 6.04 Å². The predicted octanol–water partition coefficient (Wildman–Crippen LogP) is 0.339. The van der Waals surface area contributed by atoms with Gasteiger partial charge in [-0.15, -0.1) is 0 Å². The van der Waals surface area contributed by atoms with Crippen molar-refractivity contribution in [2.24, 2.45) is 5.73 Å². The molecule has 0 aromatic rings. The quantitative estimate of drug-likeness (QED) is 0.543. The Hall–Kier alpha value is -0.610. The molecule has 12 heavy (non-hydrogen) atoms. The van der Waals surface area contributed by atoms with E-state index >= 15 is 0 Å². The first-order valence-electron chi connectivity index (χ1n) is 4.24. The van der Waals surface area contributed by atoms with E-state index in [2.05, 4.69) is 0 Å². The second kappa shape index (κ2) is 5.97. The molecule has 0 aliphatic heterocycles. The summed E-state index contributed by atoms with van der Waals surface area (Å²) in [6.45, 7) is 2.02. The molecule has 0 spiro atoms. The molecule has 0 aromatic carbocycles. The van der Waals surface area contributed by atoms with Crippen molar-refractivity contribution in [3.05, 3.63) is 0 Å². The number of hydrogen-bond acceptors (Lipinski definition) is 3. The molecule has 0 saturated carbocycles. The molecular formula is C8H17NO3. The van der Waals surface area contributed by atoms with E-state index in [0.29, 0.717) is 6.42 Å². The molecule has 0 fully saturated rings. The van der Waals surface area contributed by atoms with Gasteiger partial charge < -0.3 is 15.9 Å². The van der Waals surface area contributed by atoms with Gasteiger partial charge in [0.05, 0.1) is 6.10 Å². The second-order valence-electron chi connectivity index (χ2n) is 2.98. The first kappa shape index (κ1) is 11.4. The van der Waals surface area contributed by atoms with Gasteiger partial charge in [0.25, 0.3) is 0 Å². The third-order valence-corrected chi connectivity index (χ3v) is 1.73. The number of rotatable bonds is 6. The van der Waals surface area contributed by atoms with Crippen LogP contribution >= 0.6 is 0 Å². The zero-order chi connectivity index (χ0) is 9.56. The molecule has 0 bridgehead atoms. The van der Waals surface area contributed by atoms with E-state index in [0.717, 1.165) is 12.8 Å². The van der Waals surface area contributed by atoms with Gasteiger partial charge in [-0.1, -0.05) is 19.8 Å². The summed E-state index contributed by atoms with van der Waals surface area (Å²) >= 11 is 0. The zero-order valence-corrected chi connectivity index (χ0v) is 7.36. The molecule has 0 radical (unpaired) electrons. The Bertz CT molecular complexity index is 138. The lowest BCUT2D eigenvalue weighted by Crippen LogP contribution is -2.33. The van der Waals surface area contributed by atoms with E-state index in [1.165, 1.54) is 0 Å². The molecule has 4 heteroatoms. The van der Waals surface area contributed by atoms with Crippen molar-refractivity contribution >= 4 is 5.97 Å². The van der Waals surface area contributed by atoms with Crippen LogP contribution in [0.15, 0.2) is 0 Å². The van der Waals surface area contributed by atoms with Gasteiger partial charge in [0, 0.05) is 0 Å². The molecule has 4 nitrogen and oxygen atoms in total. The zero-order valence-electron chi connectivity index (χ0n) is 7.36. The first-order chi connectivity index (χ1) is 5.57. The molecule has 4 N–H and O–H groups in total. The van der Waals surface area contributed by atoms with Crippen LogP contribution in [-0.2, 0) is 4.79 Å². The number of carboxylic acids is 1. The smallest absolute Gasteiger partial charge is 0.320 e. The summed E-state index contributed by atoms with van der Waals surface area (Å²) in [5.74, 6) is -1.05.